The normalized spacial score (nSPS) is 10.9. The quantitative estimate of drug-likeness (QED) is 0.707. The van der Waals surface area contributed by atoms with Crippen molar-refractivity contribution in [1.29, 1.82) is 0 Å². The Kier molecular flexibility index (Phi) is 5.27. The summed E-state index contributed by atoms with van der Waals surface area (Å²) < 4.78 is 0. The Bertz CT molecular complexity index is 1060. The number of hydrogen-bond acceptors (Lipinski definition) is 2. The molecular formula is C23H27N3O2. The SMILES string of the molecule is Cc1cc(C)c(NC(=O)CN(C)C(=O)c2ccc3[nH]c(C)c(C)c3c2)c(C)c1. The highest BCUT2D eigenvalue weighted by Gasteiger charge is 2.17. The lowest BCUT2D eigenvalue weighted by Crippen LogP contribution is -2.35. The van der Waals surface area contributed by atoms with Crippen LogP contribution < -0.4 is 5.32 Å². The summed E-state index contributed by atoms with van der Waals surface area (Å²) in [5, 5.41) is 3.98. The minimum atomic E-state index is -0.208. The van der Waals surface area contributed by atoms with Crippen molar-refractivity contribution in [3.8, 4) is 0 Å². The number of fused-ring (bicyclic) bond motifs is 1. The number of carbonyl (C=O) groups is 2. The van der Waals surface area contributed by atoms with E-state index in [-0.39, 0.29) is 18.4 Å². The molecule has 0 aliphatic heterocycles. The van der Waals surface area contributed by atoms with E-state index in [0.717, 1.165) is 44.5 Å². The number of benzene rings is 2. The van der Waals surface area contributed by atoms with E-state index < -0.39 is 0 Å². The van der Waals surface area contributed by atoms with Crippen LogP contribution in [0.2, 0.25) is 0 Å². The number of nitrogens with zero attached hydrogens (tertiary/aromatic N) is 1. The van der Waals surface area contributed by atoms with Crippen molar-refractivity contribution in [2.24, 2.45) is 0 Å². The van der Waals surface area contributed by atoms with Crippen molar-refractivity contribution in [3.63, 3.8) is 0 Å². The number of aromatic nitrogens is 1. The van der Waals surface area contributed by atoms with Gasteiger partial charge in [-0.1, -0.05) is 17.7 Å². The van der Waals surface area contributed by atoms with Gasteiger partial charge in [0.05, 0.1) is 6.54 Å². The summed E-state index contributed by atoms with van der Waals surface area (Å²) in [5.74, 6) is -0.381. The lowest BCUT2D eigenvalue weighted by atomic mass is 10.1. The predicted octanol–water partition coefficient (Wildman–Crippen LogP) is 4.42. The molecule has 0 saturated carbocycles. The summed E-state index contributed by atoms with van der Waals surface area (Å²) in [6, 6.07) is 9.67. The molecule has 28 heavy (non-hydrogen) atoms. The Labute approximate surface area is 165 Å². The minimum Gasteiger partial charge on any atom is -0.358 e. The summed E-state index contributed by atoms with van der Waals surface area (Å²) in [4.78, 5) is 30.1. The summed E-state index contributed by atoms with van der Waals surface area (Å²) in [5.41, 5.74) is 7.82. The molecule has 5 nitrogen and oxygen atoms in total. The summed E-state index contributed by atoms with van der Waals surface area (Å²) >= 11 is 0. The van der Waals surface area contributed by atoms with Crippen molar-refractivity contribution < 1.29 is 9.59 Å². The molecule has 3 rings (SSSR count). The molecule has 0 atom stereocenters. The zero-order valence-electron chi connectivity index (χ0n) is 17.4. The van der Waals surface area contributed by atoms with Gasteiger partial charge in [-0.15, -0.1) is 0 Å². The lowest BCUT2D eigenvalue weighted by molar-refractivity contribution is -0.116. The fourth-order valence-electron chi connectivity index (χ4n) is 3.66. The Morgan fingerprint density at radius 1 is 1.00 bits per heavy atom. The van der Waals surface area contributed by atoms with Crippen LogP contribution in [0.25, 0.3) is 10.9 Å². The fourth-order valence-corrected chi connectivity index (χ4v) is 3.66. The van der Waals surface area contributed by atoms with Gasteiger partial charge >= 0.3 is 0 Å². The first-order chi connectivity index (χ1) is 13.2. The van der Waals surface area contributed by atoms with Gasteiger partial charge in [0.2, 0.25) is 5.91 Å². The third-order valence-electron chi connectivity index (χ3n) is 5.22. The molecular weight excluding hydrogens is 350 g/mol. The second-order valence-corrected chi connectivity index (χ2v) is 7.62. The minimum absolute atomic E-state index is 0.00518. The molecule has 3 aromatic rings. The van der Waals surface area contributed by atoms with Crippen molar-refractivity contribution in [2.75, 3.05) is 18.9 Å². The molecule has 1 aromatic heterocycles. The molecule has 2 amide bonds. The van der Waals surface area contributed by atoms with Crippen LogP contribution in [0.1, 0.15) is 38.3 Å². The Hall–Kier alpha value is -3.08. The Balaban J connectivity index is 1.74. The van der Waals surface area contributed by atoms with Crippen molar-refractivity contribution in [2.45, 2.75) is 34.6 Å². The second kappa shape index (κ2) is 7.50. The molecule has 0 spiro atoms. The number of rotatable bonds is 4. The maximum atomic E-state index is 12.8. The van der Waals surface area contributed by atoms with E-state index in [1.807, 2.05) is 58.9 Å². The zero-order chi connectivity index (χ0) is 20.6. The lowest BCUT2D eigenvalue weighted by Gasteiger charge is -2.18. The largest absolute Gasteiger partial charge is 0.358 e. The molecule has 0 radical (unpaired) electrons. The number of anilines is 1. The molecule has 0 aliphatic rings. The maximum absolute atomic E-state index is 12.8. The number of nitrogens with one attached hydrogen (secondary N) is 2. The first-order valence-electron chi connectivity index (χ1n) is 9.39. The first kappa shape index (κ1) is 19.7. The average Bonchev–Trinajstić information content (AvgIpc) is 2.91. The molecule has 2 N–H and O–H groups in total. The standard InChI is InChI=1S/C23H27N3O2/c1-13-9-14(2)22(15(3)10-13)25-21(27)12-26(6)23(28)18-7-8-20-19(11-18)16(4)17(5)24-20/h7-11,24H,12H2,1-6H3,(H,25,27). The summed E-state index contributed by atoms with van der Waals surface area (Å²) in [7, 11) is 1.65. The van der Waals surface area contributed by atoms with E-state index in [4.69, 9.17) is 0 Å². The van der Waals surface area contributed by atoms with E-state index in [9.17, 15) is 9.59 Å². The monoisotopic (exact) mass is 377 g/mol. The van der Waals surface area contributed by atoms with Gasteiger partial charge in [-0.2, -0.15) is 0 Å². The van der Waals surface area contributed by atoms with Crippen LogP contribution in [0.4, 0.5) is 5.69 Å². The van der Waals surface area contributed by atoms with Crippen molar-refractivity contribution in [3.05, 3.63) is 63.8 Å². The van der Waals surface area contributed by atoms with Gasteiger partial charge in [0.25, 0.3) is 5.91 Å². The van der Waals surface area contributed by atoms with Gasteiger partial charge in [0, 0.05) is 34.9 Å². The highest BCUT2D eigenvalue weighted by atomic mass is 16.2. The highest BCUT2D eigenvalue weighted by molar-refractivity contribution is 6.02. The maximum Gasteiger partial charge on any atom is 0.254 e. The third-order valence-corrected chi connectivity index (χ3v) is 5.22. The van der Waals surface area contributed by atoms with Crippen LogP contribution in [0.5, 0.6) is 0 Å². The molecule has 146 valence electrons. The molecule has 1 heterocycles. The van der Waals surface area contributed by atoms with E-state index in [1.54, 1.807) is 13.1 Å². The molecule has 0 unspecified atom stereocenters. The molecule has 0 aliphatic carbocycles. The molecule has 0 bridgehead atoms. The number of likely N-dealkylation sites (N-methyl/N-ethyl adjacent to an activating group) is 1. The van der Waals surface area contributed by atoms with Gasteiger partial charge in [0.1, 0.15) is 0 Å². The summed E-state index contributed by atoms with van der Waals surface area (Å²) in [6.45, 7) is 10.0. The van der Waals surface area contributed by atoms with Gasteiger partial charge in [-0.05, 0) is 69.5 Å². The van der Waals surface area contributed by atoms with Crippen LogP contribution >= 0.6 is 0 Å². The Morgan fingerprint density at radius 3 is 2.29 bits per heavy atom. The van der Waals surface area contributed by atoms with Gasteiger partial charge < -0.3 is 15.2 Å². The van der Waals surface area contributed by atoms with E-state index in [0.29, 0.717) is 5.56 Å². The third kappa shape index (κ3) is 3.79. The van der Waals surface area contributed by atoms with Gasteiger partial charge in [-0.3, -0.25) is 9.59 Å². The fraction of sp³-hybridized carbons (Fsp3) is 0.304. The number of aromatic amines is 1. The average molecular weight is 377 g/mol. The molecule has 2 aromatic carbocycles. The van der Waals surface area contributed by atoms with E-state index in [1.165, 1.54) is 4.90 Å². The van der Waals surface area contributed by atoms with Crippen LogP contribution in [0, 0.1) is 34.6 Å². The van der Waals surface area contributed by atoms with Crippen molar-refractivity contribution in [1.82, 2.24) is 9.88 Å². The van der Waals surface area contributed by atoms with Crippen LogP contribution in [0.3, 0.4) is 0 Å². The molecule has 0 saturated heterocycles. The number of hydrogen-bond donors (Lipinski definition) is 2. The van der Waals surface area contributed by atoms with Crippen molar-refractivity contribution >= 4 is 28.4 Å². The van der Waals surface area contributed by atoms with Gasteiger partial charge in [-0.25, -0.2) is 0 Å². The molecule has 5 heteroatoms. The van der Waals surface area contributed by atoms with Gasteiger partial charge in [0.15, 0.2) is 0 Å². The number of aryl methyl sites for hydroxylation is 5. The topological polar surface area (TPSA) is 65.2 Å². The number of carbonyl (C=O) groups excluding carboxylic acids is 2. The Morgan fingerprint density at radius 2 is 1.64 bits per heavy atom. The predicted molar refractivity (Wildman–Crippen MR) is 114 cm³/mol. The number of H-pyrrole nitrogens is 1. The van der Waals surface area contributed by atoms with Crippen LogP contribution in [0.15, 0.2) is 30.3 Å². The highest BCUT2D eigenvalue weighted by Crippen LogP contribution is 2.24. The summed E-state index contributed by atoms with van der Waals surface area (Å²) in [6.07, 6.45) is 0. The molecule has 0 fully saturated rings. The first-order valence-corrected chi connectivity index (χ1v) is 9.39. The van der Waals surface area contributed by atoms with Crippen LogP contribution in [-0.2, 0) is 4.79 Å². The second-order valence-electron chi connectivity index (χ2n) is 7.62. The number of amides is 2. The van der Waals surface area contributed by atoms with E-state index in [2.05, 4.69) is 10.3 Å². The zero-order valence-corrected chi connectivity index (χ0v) is 17.4. The smallest absolute Gasteiger partial charge is 0.254 e. The van der Waals surface area contributed by atoms with E-state index >= 15 is 0 Å². The van der Waals surface area contributed by atoms with Crippen LogP contribution in [-0.4, -0.2) is 35.3 Å².